The van der Waals surface area contributed by atoms with Gasteiger partial charge >= 0.3 is 11.9 Å². The van der Waals surface area contributed by atoms with Gasteiger partial charge in [-0.05, 0) is 24.2 Å². The van der Waals surface area contributed by atoms with Crippen molar-refractivity contribution in [1.82, 2.24) is 0 Å². The van der Waals surface area contributed by atoms with Crippen LogP contribution >= 0.6 is 0 Å². The van der Waals surface area contributed by atoms with E-state index in [0.717, 1.165) is 25.7 Å². The van der Waals surface area contributed by atoms with E-state index in [1.165, 1.54) is 0 Å². The fourth-order valence-electron chi connectivity index (χ4n) is 3.15. The molecule has 21 heavy (non-hydrogen) atoms. The number of carbonyl (C=O) groups is 2. The fraction of sp³-hybridized carbons (Fsp3) is 0.882. The molecule has 124 valence electrons. The zero-order valence-corrected chi connectivity index (χ0v) is 14.2. The van der Waals surface area contributed by atoms with Crippen LogP contribution in [0.4, 0.5) is 0 Å². The van der Waals surface area contributed by atoms with Crippen molar-refractivity contribution in [2.24, 2.45) is 23.2 Å². The van der Waals surface area contributed by atoms with Crippen LogP contribution in [0.2, 0.25) is 0 Å². The summed E-state index contributed by atoms with van der Waals surface area (Å²) in [6.45, 7) is 10.1. The molecule has 0 bridgehead atoms. The molecule has 3 atom stereocenters. The summed E-state index contributed by atoms with van der Waals surface area (Å²) in [5.74, 6) is -3.68. The first-order valence-corrected chi connectivity index (χ1v) is 8.05. The van der Waals surface area contributed by atoms with Crippen molar-refractivity contribution in [1.29, 1.82) is 0 Å². The summed E-state index contributed by atoms with van der Waals surface area (Å²) in [6.07, 6.45) is 5.09. The Hall–Kier alpha value is -1.06. The van der Waals surface area contributed by atoms with Crippen LogP contribution in [0.15, 0.2) is 0 Å². The van der Waals surface area contributed by atoms with Gasteiger partial charge in [0, 0.05) is 0 Å². The summed E-state index contributed by atoms with van der Waals surface area (Å²) < 4.78 is 0. The first kappa shape index (κ1) is 19.9. The van der Waals surface area contributed by atoms with E-state index in [1.807, 2.05) is 6.92 Å². The van der Waals surface area contributed by atoms with Gasteiger partial charge in [0.05, 0.1) is 11.8 Å². The van der Waals surface area contributed by atoms with Gasteiger partial charge in [0.1, 0.15) is 0 Å². The molecule has 0 saturated carbocycles. The van der Waals surface area contributed by atoms with Crippen LogP contribution < -0.4 is 0 Å². The quantitative estimate of drug-likeness (QED) is 0.585. The second-order valence-electron chi connectivity index (χ2n) is 7.40. The fourth-order valence-corrected chi connectivity index (χ4v) is 3.15. The van der Waals surface area contributed by atoms with E-state index >= 15 is 0 Å². The Kier molecular flexibility index (Phi) is 8.60. The Bertz CT molecular complexity index is 330. The number of carboxylic acids is 2. The Morgan fingerprint density at radius 1 is 1.00 bits per heavy atom. The Morgan fingerprint density at radius 2 is 1.57 bits per heavy atom. The molecule has 0 aromatic carbocycles. The van der Waals surface area contributed by atoms with Gasteiger partial charge in [-0.1, -0.05) is 60.3 Å². The zero-order valence-electron chi connectivity index (χ0n) is 14.2. The van der Waals surface area contributed by atoms with Gasteiger partial charge in [-0.3, -0.25) is 9.59 Å². The first-order valence-electron chi connectivity index (χ1n) is 8.05. The maximum Gasteiger partial charge on any atom is 0.307 e. The highest BCUT2D eigenvalue weighted by Crippen LogP contribution is 2.34. The van der Waals surface area contributed by atoms with Crippen LogP contribution in [0.3, 0.4) is 0 Å². The summed E-state index contributed by atoms with van der Waals surface area (Å²) in [5, 5.41) is 18.9. The van der Waals surface area contributed by atoms with Gasteiger partial charge in [0.15, 0.2) is 0 Å². The summed E-state index contributed by atoms with van der Waals surface area (Å²) in [7, 11) is 0. The highest BCUT2D eigenvalue weighted by atomic mass is 16.4. The molecule has 0 radical (unpaired) electrons. The van der Waals surface area contributed by atoms with Crippen molar-refractivity contribution in [2.45, 2.75) is 73.1 Å². The molecular formula is C17H32O4. The number of hydrogen-bond donors (Lipinski definition) is 2. The molecule has 0 aliphatic rings. The van der Waals surface area contributed by atoms with Gasteiger partial charge in [-0.15, -0.1) is 0 Å². The number of aliphatic carboxylic acids is 2. The number of hydrogen-bond acceptors (Lipinski definition) is 2. The minimum atomic E-state index is -0.977. The van der Waals surface area contributed by atoms with Gasteiger partial charge < -0.3 is 10.2 Å². The standard InChI is InChI=1S/C17H32O4/c1-6-7-8-9-10-13(15(18)19)14(16(20)21)12(2)11-17(3,4)5/h12-14H,6-11H2,1-5H3,(H,18,19)(H,20,21). The Balaban J connectivity index is 4.91. The minimum Gasteiger partial charge on any atom is -0.481 e. The van der Waals surface area contributed by atoms with E-state index in [1.54, 1.807) is 0 Å². The van der Waals surface area contributed by atoms with Crippen LogP contribution in [0.25, 0.3) is 0 Å². The monoisotopic (exact) mass is 300 g/mol. The normalized spacial score (nSPS) is 16.2. The smallest absolute Gasteiger partial charge is 0.307 e. The van der Waals surface area contributed by atoms with Crippen molar-refractivity contribution in [3.8, 4) is 0 Å². The molecule has 0 spiro atoms. The van der Waals surface area contributed by atoms with E-state index in [4.69, 9.17) is 0 Å². The molecule has 0 aliphatic carbocycles. The predicted molar refractivity (Wildman–Crippen MR) is 84.2 cm³/mol. The SMILES string of the molecule is CCCCCCC(C(=O)O)C(C(=O)O)C(C)CC(C)(C)C. The third-order valence-corrected chi connectivity index (χ3v) is 3.95. The summed E-state index contributed by atoms with van der Waals surface area (Å²) in [6, 6.07) is 0. The van der Waals surface area contributed by atoms with Crippen LogP contribution in [0.1, 0.15) is 73.1 Å². The van der Waals surface area contributed by atoms with Crippen molar-refractivity contribution in [3.63, 3.8) is 0 Å². The molecule has 0 heterocycles. The maximum absolute atomic E-state index is 11.6. The van der Waals surface area contributed by atoms with Crippen LogP contribution in [0, 0.1) is 23.2 Å². The number of carboxylic acid groups (broad SMARTS) is 2. The van der Waals surface area contributed by atoms with Crippen molar-refractivity contribution in [3.05, 3.63) is 0 Å². The van der Waals surface area contributed by atoms with Gasteiger partial charge in [-0.25, -0.2) is 0 Å². The molecule has 4 nitrogen and oxygen atoms in total. The zero-order chi connectivity index (χ0) is 16.6. The lowest BCUT2D eigenvalue weighted by atomic mass is 9.73. The lowest BCUT2D eigenvalue weighted by Crippen LogP contribution is -2.36. The van der Waals surface area contributed by atoms with Crippen LogP contribution in [-0.2, 0) is 9.59 Å². The minimum absolute atomic E-state index is 0.00161. The maximum atomic E-state index is 11.6. The molecule has 0 rings (SSSR count). The summed E-state index contributed by atoms with van der Waals surface area (Å²) in [4.78, 5) is 23.1. The Labute approximate surface area is 128 Å². The predicted octanol–water partition coefficient (Wildman–Crippen LogP) is 4.43. The average Bonchev–Trinajstić information content (AvgIpc) is 2.29. The third kappa shape index (κ3) is 8.08. The number of unbranched alkanes of at least 4 members (excludes halogenated alkanes) is 3. The van der Waals surface area contributed by atoms with Crippen molar-refractivity contribution >= 4 is 11.9 Å². The van der Waals surface area contributed by atoms with Gasteiger partial charge in [0.2, 0.25) is 0 Å². The van der Waals surface area contributed by atoms with Crippen molar-refractivity contribution < 1.29 is 19.8 Å². The lowest BCUT2D eigenvalue weighted by Gasteiger charge is -2.30. The third-order valence-electron chi connectivity index (χ3n) is 3.95. The highest BCUT2D eigenvalue weighted by Gasteiger charge is 2.38. The van der Waals surface area contributed by atoms with Crippen LogP contribution in [0.5, 0.6) is 0 Å². The second kappa shape index (κ2) is 9.06. The highest BCUT2D eigenvalue weighted by molar-refractivity contribution is 5.80. The molecule has 0 amide bonds. The Morgan fingerprint density at radius 3 is 1.95 bits per heavy atom. The second-order valence-corrected chi connectivity index (χ2v) is 7.40. The molecule has 0 aromatic rings. The topological polar surface area (TPSA) is 74.6 Å². The van der Waals surface area contributed by atoms with Gasteiger partial charge in [-0.2, -0.15) is 0 Å². The van der Waals surface area contributed by atoms with E-state index in [2.05, 4.69) is 27.7 Å². The molecule has 0 aliphatic heterocycles. The average molecular weight is 300 g/mol. The summed E-state index contributed by atoms with van der Waals surface area (Å²) in [5.41, 5.74) is -0.00161. The van der Waals surface area contributed by atoms with Gasteiger partial charge in [0.25, 0.3) is 0 Å². The summed E-state index contributed by atoms with van der Waals surface area (Å²) >= 11 is 0. The molecular weight excluding hydrogens is 268 g/mol. The first-order chi connectivity index (χ1) is 9.60. The molecule has 4 heteroatoms. The molecule has 0 aromatic heterocycles. The molecule has 0 fully saturated rings. The van der Waals surface area contributed by atoms with Crippen LogP contribution in [-0.4, -0.2) is 22.2 Å². The van der Waals surface area contributed by atoms with E-state index in [9.17, 15) is 19.8 Å². The lowest BCUT2D eigenvalue weighted by molar-refractivity contribution is -0.156. The molecule has 3 unspecified atom stereocenters. The van der Waals surface area contributed by atoms with Crippen molar-refractivity contribution in [2.75, 3.05) is 0 Å². The van der Waals surface area contributed by atoms with E-state index in [0.29, 0.717) is 12.8 Å². The molecule has 0 saturated heterocycles. The largest absolute Gasteiger partial charge is 0.481 e. The van der Waals surface area contributed by atoms with E-state index in [-0.39, 0.29) is 11.3 Å². The molecule has 2 N–H and O–H groups in total. The number of rotatable bonds is 10. The van der Waals surface area contributed by atoms with E-state index < -0.39 is 23.8 Å².